The van der Waals surface area contributed by atoms with Gasteiger partial charge in [0, 0.05) is 18.8 Å². The number of sulfonamides is 1. The Labute approximate surface area is 142 Å². The molecule has 0 bridgehead atoms. The van der Waals surface area contributed by atoms with Crippen LogP contribution in [-0.2, 0) is 10.0 Å². The zero-order chi connectivity index (χ0) is 17.6. The Morgan fingerprint density at radius 1 is 1.08 bits per heavy atom. The van der Waals surface area contributed by atoms with Gasteiger partial charge >= 0.3 is 0 Å². The van der Waals surface area contributed by atoms with Crippen molar-refractivity contribution in [2.24, 2.45) is 0 Å². The van der Waals surface area contributed by atoms with Gasteiger partial charge in [-0.15, -0.1) is 10.2 Å². The van der Waals surface area contributed by atoms with E-state index in [1.807, 2.05) is 6.07 Å². The van der Waals surface area contributed by atoms with E-state index < -0.39 is 32.6 Å². The van der Waals surface area contributed by atoms with Crippen LogP contribution in [0.15, 0.2) is 47.5 Å². The molecule has 1 aliphatic rings. The molecule has 1 aliphatic heterocycles. The first-order valence-corrected chi connectivity index (χ1v) is 9.18. The standard InChI is InChI=1S/C16H14F2N4O2S/c17-11-8-12(18)10-13(9-11)25(23,24)22-7-3-4-14(22)16-20-19-15-5-1-2-6-21(15)16/h1-2,5-6,8-10,14H,3-4,7H2. The van der Waals surface area contributed by atoms with Crippen molar-refractivity contribution < 1.29 is 17.2 Å². The highest BCUT2D eigenvalue weighted by molar-refractivity contribution is 7.89. The zero-order valence-electron chi connectivity index (χ0n) is 13.0. The third kappa shape index (κ3) is 2.69. The Morgan fingerprint density at radius 2 is 1.84 bits per heavy atom. The largest absolute Gasteiger partial charge is 0.285 e. The van der Waals surface area contributed by atoms with Gasteiger partial charge in [-0.1, -0.05) is 6.07 Å². The molecule has 1 unspecified atom stereocenters. The second kappa shape index (κ2) is 5.85. The van der Waals surface area contributed by atoms with Gasteiger partial charge in [-0.25, -0.2) is 17.2 Å². The van der Waals surface area contributed by atoms with E-state index in [2.05, 4.69) is 10.2 Å². The van der Waals surface area contributed by atoms with Gasteiger partial charge in [-0.3, -0.25) is 4.40 Å². The molecule has 1 aromatic carbocycles. The summed E-state index contributed by atoms with van der Waals surface area (Å²) in [6.45, 7) is 0.257. The van der Waals surface area contributed by atoms with Gasteiger partial charge in [0.05, 0.1) is 10.9 Å². The normalized spacial score (nSPS) is 18.9. The molecule has 9 heteroatoms. The Kier molecular flexibility index (Phi) is 3.77. The predicted molar refractivity (Wildman–Crippen MR) is 85.2 cm³/mol. The van der Waals surface area contributed by atoms with Crippen LogP contribution in [0.1, 0.15) is 24.7 Å². The molecule has 0 aliphatic carbocycles. The lowest BCUT2D eigenvalue weighted by Gasteiger charge is -2.23. The van der Waals surface area contributed by atoms with E-state index in [-0.39, 0.29) is 6.54 Å². The topological polar surface area (TPSA) is 67.6 Å². The molecule has 0 N–H and O–H groups in total. The Hall–Kier alpha value is -2.39. The first-order valence-electron chi connectivity index (χ1n) is 7.74. The van der Waals surface area contributed by atoms with Crippen molar-refractivity contribution in [3.63, 3.8) is 0 Å². The van der Waals surface area contributed by atoms with Crippen LogP contribution in [0, 0.1) is 11.6 Å². The van der Waals surface area contributed by atoms with Gasteiger partial charge in [0.15, 0.2) is 11.5 Å². The average molecular weight is 364 g/mol. The lowest BCUT2D eigenvalue weighted by molar-refractivity contribution is 0.380. The summed E-state index contributed by atoms with van der Waals surface area (Å²) in [6, 6.07) is 7.15. The number of rotatable bonds is 3. The maximum Gasteiger partial charge on any atom is 0.243 e. The molecular weight excluding hydrogens is 350 g/mol. The molecule has 0 spiro atoms. The van der Waals surface area contributed by atoms with Crippen LogP contribution in [0.25, 0.3) is 5.65 Å². The van der Waals surface area contributed by atoms with E-state index >= 15 is 0 Å². The Balaban J connectivity index is 1.78. The van der Waals surface area contributed by atoms with E-state index in [4.69, 9.17) is 0 Å². The highest BCUT2D eigenvalue weighted by Gasteiger charge is 2.39. The molecule has 3 heterocycles. The van der Waals surface area contributed by atoms with Gasteiger partial charge < -0.3 is 0 Å². The minimum absolute atomic E-state index is 0.257. The quantitative estimate of drug-likeness (QED) is 0.716. The third-order valence-electron chi connectivity index (χ3n) is 4.28. The molecule has 1 saturated heterocycles. The molecule has 1 fully saturated rings. The minimum atomic E-state index is -4.06. The van der Waals surface area contributed by atoms with Crippen molar-refractivity contribution in [1.29, 1.82) is 0 Å². The lowest BCUT2D eigenvalue weighted by Crippen LogP contribution is -2.31. The number of halogens is 2. The fourth-order valence-electron chi connectivity index (χ4n) is 3.19. The van der Waals surface area contributed by atoms with Crippen LogP contribution in [0.2, 0.25) is 0 Å². The predicted octanol–water partition coefficient (Wildman–Crippen LogP) is 2.53. The molecule has 130 valence electrons. The molecule has 0 amide bonds. The Bertz CT molecular complexity index is 1030. The van der Waals surface area contributed by atoms with E-state index in [1.54, 1.807) is 22.7 Å². The number of pyridine rings is 1. The van der Waals surface area contributed by atoms with Crippen LogP contribution in [0.4, 0.5) is 8.78 Å². The monoisotopic (exact) mass is 364 g/mol. The van der Waals surface area contributed by atoms with Crippen LogP contribution >= 0.6 is 0 Å². The van der Waals surface area contributed by atoms with Gasteiger partial charge in [0.2, 0.25) is 10.0 Å². The number of benzene rings is 1. The highest BCUT2D eigenvalue weighted by atomic mass is 32.2. The van der Waals surface area contributed by atoms with Gasteiger partial charge in [0.25, 0.3) is 0 Å². The summed E-state index contributed by atoms with van der Waals surface area (Å²) < 4.78 is 55.7. The smallest absolute Gasteiger partial charge is 0.243 e. The van der Waals surface area contributed by atoms with Gasteiger partial charge in [-0.2, -0.15) is 4.31 Å². The summed E-state index contributed by atoms with van der Waals surface area (Å²) in [6.07, 6.45) is 2.95. The summed E-state index contributed by atoms with van der Waals surface area (Å²) in [5.41, 5.74) is 0.610. The first-order chi connectivity index (χ1) is 12.0. The lowest BCUT2D eigenvalue weighted by atomic mass is 10.2. The number of hydrogen-bond acceptors (Lipinski definition) is 4. The molecule has 2 aromatic heterocycles. The zero-order valence-corrected chi connectivity index (χ0v) is 13.8. The summed E-state index contributed by atoms with van der Waals surface area (Å²) in [4.78, 5) is -0.397. The van der Waals surface area contributed by atoms with E-state index in [0.717, 1.165) is 12.1 Å². The highest BCUT2D eigenvalue weighted by Crippen LogP contribution is 2.36. The summed E-state index contributed by atoms with van der Waals surface area (Å²) in [5.74, 6) is -1.36. The number of fused-ring (bicyclic) bond motifs is 1. The molecule has 4 rings (SSSR count). The van der Waals surface area contributed by atoms with Crippen molar-refractivity contribution in [1.82, 2.24) is 18.9 Å². The average Bonchev–Trinajstić information content (AvgIpc) is 3.20. The molecule has 0 saturated carbocycles. The molecule has 0 radical (unpaired) electrons. The van der Waals surface area contributed by atoms with Crippen LogP contribution < -0.4 is 0 Å². The number of aromatic nitrogens is 3. The van der Waals surface area contributed by atoms with Crippen LogP contribution in [0.3, 0.4) is 0 Å². The van der Waals surface area contributed by atoms with Crippen molar-refractivity contribution in [3.05, 3.63) is 60.1 Å². The summed E-state index contributed by atoms with van der Waals surface area (Å²) in [7, 11) is -4.06. The molecule has 6 nitrogen and oxygen atoms in total. The van der Waals surface area contributed by atoms with Crippen molar-refractivity contribution in [3.8, 4) is 0 Å². The number of nitrogens with zero attached hydrogens (tertiary/aromatic N) is 4. The van der Waals surface area contributed by atoms with Crippen molar-refractivity contribution in [2.75, 3.05) is 6.54 Å². The maximum atomic E-state index is 13.5. The van der Waals surface area contributed by atoms with Gasteiger partial charge in [0.1, 0.15) is 11.6 Å². The first kappa shape index (κ1) is 16.1. The molecule has 1 atom stereocenters. The SMILES string of the molecule is O=S(=O)(c1cc(F)cc(F)c1)N1CCCC1c1nnc2ccccn12. The number of hydrogen-bond donors (Lipinski definition) is 0. The summed E-state index contributed by atoms with van der Waals surface area (Å²) >= 11 is 0. The fraction of sp³-hybridized carbons (Fsp3) is 0.250. The Morgan fingerprint density at radius 3 is 2.60 bits per heavy atom. The third-order valence-corrected chi connectivity index (χ3v) is 6.17. The second-order valence-electron chi connectivity index (χ2n) is 5.87. The molecule has 3 aromatic rings. The van der Waals surface area contributed by atoms with Crippen LogP contribution in [-0.4, -0.2) is 33.9 Å². The molecule has 25 heavy (non-hydrogen) atoms. The van der Waals surface area contributed by atoms with E-state index in [1.165, 1.54) is 4.31 Å². The van der Waals surface area contributed by atoms with Crippen LogP contribution in [0.5, 0.6) is 0 Å². The maximum absolute atomic E-state index is 13.5. The van der Waals surface area contributed by atoms with Crippen molar-refractivity contribution >= 4 is 15.7 Å². The summed E-state index contributed by atoms with van der Waals surface area (Å²) in [5, 5.41) is 8.18. The van der Waals surface area contributed by atoms with Gasteiger partial charge in [-0.05, 0) is 37.1 Å². The van der Waals surface area contributed by atoms with Crippen molar-refractivity contribution in [2.45, 2.75) is 23.8 Å². The molecular formula is C16H14F2N4O2S. The van der Waals surface area contributed by atoms with E-state index in [9.17, 15) is 17.2 Å². The minimum Gasteiger partial charge on any atom is -0.285 e. The second-order valence-corrected chi connectivity index (χ2v) is 7.76. The van der Waals surface area contributed by atoms with E-state index in [0.29, 0.717) is 30.4 Å². The fourth-order valence-corrected chi connectivity index (χ4v) is 4.88.